The number of benzene rings is 3. The number of ether oxygens (including phenoxy) is 2. The van der Waals surface area contributed by atoms with Crippen LogP contribution in [0.2, 0.25) is 0 Å². The zero-order valence-electron chi connectivity index (χ0n) is 19.5. The zero-order chi connectivity index (χ0) is 24.6. The summed E-state index contributed by atoms with van der Waals surface area (Å²) in [5, 5.41) is 10.2. The largest absolute Gasteiger partial charge is 0.497 e. The van der Waals surface area contributed by atoms with Crippen molar-refractivity contribution in [3.8, 4) is 28.4 Å². The SMILES string of the molecule is COc1ccc(CNC(=O)CNC(=O)c2cn(-c3ccccc3)nc2-c2ccccc2OC)cc1. The Bertz CT molecular complexity index is 1300. The molecule has 0 saturated carbocycles. The second-order valence-electron chi connectivity index (χ2n) is 7.68. The lowest BCUT2D eigenvalue weighted by molar-refractivity contribution is -0.120. The summed E-state index contributed by atoms with van der Waals surface area (Å²) in [6.45, 7) is 0.175. The van der Waals surface area contributed by atoms with Gasteiger partial charge in [-0.1, -0.05) is 42.5 Å². The summed E-state index contributed by atoms with van der Waals surface area (Å²) in [6, 6.07) is 24.2. The second-order valence-corrected chi connectivity index (χ2v) is 7.68. The molecule has 0 aliphatic carbocycles. The minimum absolute atomic E-state index is 0.170. The monoisotopic (exact) mass is 470 g/mol. The highest BCUT2D eigenvalue weighted by molar-refractivity contribution is 6.01. The summed E-state index contributed by atoms with van der Waals surface area (Å²) in [7, 11) is 3.17. The number of hydrogen-bond donors (Lipinski definition) is 2. The Hall–Kier alpha value is -4.59. The van der Waals surface area contributed by atoms with Crippen molar-refractivity contribution in [1.29, 1.82) is 0 Å². The van der Waals surface area contributed by atoms with Crippen LogP contribution < -0.4 is 20.1 Å². The van der Waals surface area contributed by atoms with Crippen molar-refractivity contribution in [2.45, 2.75) is 6.54 Å². The topological polar surface area (TPSA) is 94.5 Å². The summed E-state index contributed by atoms with van der Waals surface area (Å²) in [4.78, 5) is 25.5. The van der Waals surface area contributed by atoms with Crippen molar-refractivity contribution in [2.24, 2.45) is 0 Å². The number of carbonyl (C=O) groups excluding carboxylic acids is 2. The third-order valence-electron chi connectivity index (χ3n) is 5.40. The molecule has 1 heterocycles. The highest BCUT2D eigenvalue weighted by Gasteiger charge is 2.21. The molecular formula is C27H26N4O4. The smallest absolute Gasteiger partial charge is 0.255 e. The maximum atomic E-state index is 13.1. The number of methoxy groups -OCH3 is 2. The molecule has 178 valence electrons. The average Bonchev–Trinajstić information content (AvgIpc) is 3.37. The predicted molar refractivity (Wildman–Crippen MR) is 133 cm³/mol. The molecule has 0 fully saturated rings. The van der Waals surface area contributed by atoms with Gasteiger partial charge in [0.2, 0.25) is 5.91 Å². The van der Waals surface area contributed by atoms with E-state index in [-0.39, 0.29) is 12.5 Å². The summed E-state index contributed by atoms with van der Waals surface area (Å²) in [5.41, 5.74) is 3.20. The molecule has 2 amide bonds. The van der Waals surface area contributed by atoms with Gasteiger partial charge in [0.25, 0.3) is 5.91 Å². The van der Waals surface area contributed by atoms with Crippen LogP contribution in [-0.4, -0.2) is 42.4 Å². The van der Waals surface area contributed by atoms with Crippen LogP contribution in [0, 0.1) is 0 Å². The maximum Gasteiger partial charge on any atom is 0.255 e. The molecule has 0 aliphatic heterocycles. The van der Waals surface area contributed by atoms with E-state index in [1.807, 2.05) is 78.9 Å². The molecule has 3 aromatic carbocycles. The van der Waals surface area contributed by atoms with Gasteiger partial charge >= 0.3 is 0 Å². The van der Waals surface area contributed by atoms with E-state index in [0.29, 0.717) is 29.1 Å². The lowest BCUT2D eigenvalue weighted by Gasteiger charge is -2.09. The van der Waals surface area contributed by atoms with E-state index in [2.05, 4.69) is 15.7 Å². The number of aromatic nitrogens is 2. The van der Waals surface area contributed by atoms with Crippen LogP contribution in [0.1, 0.15) is 15.9 Å². The predicted octanol–water partition coefficient (Wildman–Crippen LogP) is 3.60. The van der Waals surface area contributed by atoms with Crippen molar-refractivity contribution in [2.75, 3.05) is 20.8 Å². The number of nitrogens with one attached hydrogen (secondary N) is 2. The molecule has 2 N–H and O–H groups in total. The molecule has 0 atom stereocenters. The highest BCUT2D eigenvalue weighted by Crippen LogP contribution is 2.31. The fourth-order valence-electron chi connectivity index (χ4n) is 3.55. The molecule has 4 rings (SSSR count). The maximum absolute atomic E-state index is 13.1. The van der Waals surface area contributed by atoms with E-state index in [1.54, 1.807) is 25.1 Å². The van der Waals surface area contributed by atoms with E-state index in [0.717, 1.165) is 17.0 Å². The minimum atomic E-state index is -0.410. The summed E-state index contributed by atoms with van der Waals surface area (Å²) < 4.78 is 12.3. The van der Waals surface area contributed by atoms with Gasteiger partial charge in [-0.3, -0.25) is 9.59 Å². The quantitative estimate of drug-likeness (QED) is 0.390. The van der Waals surface area contributed by atoms with Crippen LogP contribution in [0.5, 0.6) is 11.5 Å². The summed E-state index contributed by atoms with van der Waals surface area (Å²) in [5.74, 6) is 0.627. The standard InChI is InChI=1S/C27H26N4O4/c1-34-21-14-12-19(13-15-21)16-28-25(32)17-29-27(33)23-18-31(20-8-4-3-5-9-20)30-26(23)22-10-6-7-11-24(22)35-2/h3-15,18H,16-17H2,1-2H3,(H,28,32)(H,29,33). The zero-order valence-corrected chi connectivity index (χ0v) is 19.5. The van der Waals surface area contributed by atoms with Crippen LogP contribution in [0.3, 0.4) is 0 Å². The Morgan fingerprint density at radius 1 is 0.857 bits per heavy atom. The van der Waals surface area contributed by atoms with Crippen LogP contribution >= 0.6 is 0 Å². The van der Waals surface area contributed by atoms with E-state index in [4.69, 9.17) is 9.47 Å². The number of rotatable bonds is 9. The first-order valence-electron chi connectivity index (χ1n) is 11.1. The van der Waals surface area contributed by atoms with E-state index in [1.165, 1.54) is 0 Å². The molecule has 0 saturated heterocycles. The number of carbonyl (C=O) groups is 2. The van der Waals surface area contributed by atoms with Crippen molar-refractivity contribution in [1.82, 2.24) is 20.4 Å². The molecule has 1 aromatic heterocycles. The molecule has 0 radical (unpaired) electrons. The molecule has 0 aliphatic rings. The Kier molecular flexibility index (Phi) is 7.42. The number of amides is 2. The van der Waals surface area contributed by atoms with Crippen molar-refractivity contribution >= 4 is 11.8 Å². The lowest BCUT2D eigenvalue weighted by Crippen LogP contribution is -2.36. The van der Waals surface area contributed by atoms with E-state index in [9.17, 15) is 9.59 Å². The van der Waals surface area contributed by atoms with E-state index >= 15 is 0 Å². The van der Waals surface area contributed by atoms with E-state index < -0.39 is 5.91 Å². The molecule has 8 nitrogen and oxygen atoms in total. The minimum Gasteiger partial charge on any atom is -0.497 e. The Labute approximate surface area is 203 Å². The Morgan fingerprint density at radius 2 is 1.57 bits per heavy atom. The number of para-hydroxylation sites is 2. The fourth-order valence-corrected chi connectivity index (χ4v) is 3.55. The molecule has 35 heavy (non-hydrogen) atoms. The Morgan fingerprint density at radius 3 is 2.29 bits per heavy atom. The van der Waals surface area contributed by atoms with Gasteiger partial charge in [0.05, 0.1) is 32.0 Å². The third-order valence-corrected chi connectivity index (χ3v) is 5.40. The van der Waals surface area contributed by atoms with Gasteiger partial charge in [0.15, 0.2) is 0 Å². The summed E-state index contributed by atoms with van der Waals surface area (Å²) >= 11 is 0. The van der Waals surface area contributed by atoms with Gasteiger partial charge in [-0.2, -0.15) is 5.10 Å². The molecule has 0 unspecified atom stereocenters. The normalized spacial score (nSPS) is 10.5. The van der Waals surface area contributed by atoms with Crippen LogP contribution in [0.25, 0.3) is 16.9 Å². The first kappa shape index (κ1) is 23.6. The first-order chi connectivity index (χ1) is 17.1. The van der Waals surface area contributed by atoms with Gasteiger partial charge in [0, 0.05) is 18.3 Å². The highest BCUT2D eigenvalue weighted by atomic mass is 16.5. The molecular weight excluding hydrogens is 444 g/mol. The van der Waals surface area contributed by atoms with Crippen molar-refractivity contribution in [3.63, 3.8) is 0 Å². The van der Waals surface area contributed by atoms with Crippen LogP contribution in [0.15, 0.2) is 85.1 Å². The molecule has 8 heteroatoms. The van der Waals surface area contributed by atoms with Crippen molar-refractivity contribution in [3.05, 3.63) is 96.2 Å². The van der Waals surface area contributed by atoms with Gasteiger partial charge < -0.3 is 20.1 Å². The third kappa shape index (κ3) is 5.67. The first-order valence-corrected chi connectivity index (χ1v) is 11.1. The fraction of sp³-hybridized carbons (Fsp3) is 0.148. The molecule has 0 bridgehead atoms. The van der Waals surface area contributed by atoms with Crippen LogP contribution in [0.4, 0.5) is 0 Å². The van der Waals surface area contributed by atoms with Gasteiger partial charge in [0.1, 0.15) is 17.2 Å². The van der Waals surface area contributed by atoms with Gasteiger partial charge in [-0.25, -0.2) is 4.68 Å². The number of nitrogens with zero attached hydrogens (tertiary/aromatic N) is 2. The lowest BCUT2D eigenvalue weighted by atomic mass is 10.1. The molecule has 4 aromatic rings. The Balaban J connectivity index is 1.49. The summed E-state index contributed by atoms with van der Waals surface area (Å²) in [6.07, 6.45) is 1.65. The molecule has 0 spiro atoms. The van der Waals surface area contributed by atoms with Crippen LogP contribution in [-0.2, 0) is 11.3 Å². The second kappa shape index (κ2) is 11.0. The van der Waals surface area contributed by atoms with Gasteiger partial charge in [-0.05, 0) is 42.0 Å². The average molecular weight is 471 g/mol. The van der Waals surface area contributed by atoms with Crippen molar-refractivity contribution < 1.29 is 19.1 Å². The number of hydrogen-bond acceptors (Lipinski definition) is 5. The van der Waals surface area contributed by atoms with Gasteiger partial charge in [-0.15, -0.1) is 0 Å².